The third-order valence-electron chi connectivity index (χ3n) is 5.25. The van der Waals surface area contributed by atoms with Crippen LogP contribution in [0.5, 0.6) is 0 Å². The summed E-state index contributed by atoms with van der Waals surface area (Å²) in [6.07, 6.45) is 4.85. The summed E-state index contributed by atoms with van der Waals surface area (Å²) in [6, 6.07) is 16.9. The number of hydrogen-bond acceptors (Lipinski definition) is 4. The minimum Gasteiger partial charge on any atom is -0.332 e. The van der Waals surface area contributed by atoms with Gasteiger partial charge in [-0.3, -0.25) is 5.10 Å². The van der Waals surface area contributed by atoms with Crippen LogP contribution in [0.4, 0.5) is 4.39 Å². The summed E-state index contributed by atoms with van der Waals surface area (Å²) < 4.78 is 18.8. The lowest BCUT2D eigenvalue weighted by Gasteiger charge is -2.34. The average molecular weight is 372 g/mol. The predicted octanol–water partition coefficient (Wildman–Crippen LogP) is 4.46. The van der Waals surface area contributed by atoms with Crippen LogP contribution in [0.15, 0.2) is 65.2 Å². The fraction of sp³-hybridized carbons (Fsp3) is 0.136. The maximum atomic E-state index is 13.6. The van der Waals surface area contributed by atoms with Crippen LogP contribution in [0, 0.1) is 12.7 Å². The van der Waals surface area contributed by atoms with Crippen molar-refractivity contribution in [1.82, 2.24) is 20.3 Å². The minimum atomic E-state index is -0.420. The molecule has 2 heterocycles. The molecule has 0 spiro atoms. The number of allylic oxidation sites excluding steroid dienone is 1. The molecule has 2 aromatic carbocycles. The van der Waals surface area contributed by atoms with E-state index in [1.54, 1.807) is 6.92 Å². The maximum Gasteiger partial charge on any atom is 0.279 e. The summed E-state index contributed by atoms with van der Waals surface area (Å²) in [5, 5.41) is 11.4. The van der Waals surface area contributed by atoms with Crippen molar-refractivity contribution in [2.24, 2.45) is 0 Å². The van der Waals surface area contributed by atoms with E-state index in [1.165, 1.54) is 12.1 Å². The number of aryl methyl sites for hydroxylation is 1. The number of aromatic nitrogens is 4. The minimum absolute atomic E-state index is 0.247. The van der Waals surface area contributed by atoms with Gasteiger partial charge in [-0.05, 0) is 30.2 Å². The Bertz CT molecular complexity index is 1160. The number of rotatable bonds is 3. The van der Waals surface area contributed by atoms with E-state index >= 15 is 0 Å². The van der Waals surface area contributed by atoms with E-state index < -0.39 is 5.41 Å². The van der Waals surface area contributed by atoms with Crippen LogP contribution >= 0.6 is 0 Å². The Morgan fingerprint density at radius 1 is 1.04 bits per heavy atom. The second kappa shape index (κ2) is 6.27. The third kappa shape index (κ3) is 2.57. The van der Waals surface area contributed by atoms with Gasteiger partial charge >= 0.3 is 0 Å². The van der Waals surface area contributed by atoms with Crippen LogP contribution in [0.2, 0.25) is 0 Å². The molecule has 0 saturated carbocycles. The molecule has 28 heavy (non-hydrogen) atoms. The predicted molar refractivity (Wildman–Crippen MR) is 103 cm³/mol. The zero-order valence-corrected chi connectivity index (χ0v) is 15.2. The first kappa shape index (κ1) is 16.6. The van der Waals surface area contributed by atoms with Crippen LogP contribution in [-0.2, 0) is 11.8 Å². The maximum absolute atomic E-state index is 13.6. The number of halogens is 1. The summed E-state index contributed by atoms with van der Waals surface area (Å²) in [7, 11) is 0. The summed E-state index contributed by atoms with van der Waals surface area (Å²) in [4.78, 5) is 4.29. The number of nitrogens with one attached hydrogen (secondary N) is 1. The van der Waals surface area contributed by atoms with Gasteiger partial charge in [0.25, 0.3) is 5.89 Å². The van der Waals surface area contributed by atoms with E-state index in [0.717, 1.165) is 22.4 Å². The van der Waals surface area contributed by atoms with Gasteiger partial charge < -0.3 is 4.52 Å². The largest absolute Gasteiger partial charge is 0.332 e. The molecule has 6 heteroatoms. The average Bonchev–Trinajstić information content (AvgIpc) is 3.34. The quantitative estimate of drug-likeness (QED) is 0.576. The van der Waals surface area contributed by atoms with Crippen LogP contribution in [0.3, 0.4) is 0 Å². The highest BCUT2D eigenvalue weighted by atomic mass is 19.1. The molecular weight excluding hydrogens is 355 g/mol. The van der Waals surface area contributed by atoms with E-state index in [4.69, 9.17) is 4.52 Å². The molecule has 0 fully saturated rings. The molecule has 1 unspecified atom stereocenters. The monoisotopic (exact) mass is 372 g/mol. The molecule has 5 nitrogen and oxygen atoms in total. The molecule has 1 aliphatic carbocycles. The van der Waals surface area contributed by atoms with Gasteiger partial charge in [0.15, 0.2) is 11.5 Å². The topological polar surface area (TPSA) is 67.6 Å². The van der Waals surface area contributed by atoms with E-state index in [1.807, 2.05) is 36.4 Å². The number of H-pyrrole nitrogens is 1. The third-order valence-corrected chi connectivity index (χ3v) is 5.25. The van der Waals surface area contributed by atoms with Crippen LogP contribution < -0.4 is 0 Å². The Hall–Kier alpha value is -3.54. The van der Waals surface area contributed by atoms with Crippen molar-refractivity contribution in [2.45, 2.75) is 18.8 Å². The first-order chi connectivity index (χ1) is 13.7. The van der Waals surface area contributed by atoms with Gasteiger partial charge in [0.1, 0.15) is 5.82 Å². The molecule has 2 aromatic heterocycles. The summed E-state index contributed by atoms with van der Waals surface area (Å²) in [5.74, 6) is 0.716. The fourth-order valence-electron chi connectivity index (χ4n) is 3.87. The molecular formula is C22H17FN4O. The van der Waals surface area contributed by atoms with Crippen LogP contribution in [0.25, 0.3) is 17.7 Å². The van der Waals surface area contributed by atoms with Gasteiger partial charge in [-0.25, -0.2) is 4.39 Å². The van der Waals surface area contributed by atoms with Gasteiger partial charge in [0.2, 0.25) is 0 Å². The van der Waals surface area contributed by atoms with E-state index in [0.29, 0.717) is 23.8 Å². The number of nitrogens with zero attached hydrogens (tertiary/aromatic N) is 3. The zero-order valence-electron chi connectivity index (χ0n) is 15.2. The van der Waals surface area contributed by atoms with Crippen molar-refractivity contribution in [1.29, 1.82) is 0 Å². The molecule has 0 radical (unpaired) electrons. The Balaban J connectivity index is 1.65. The second-order valence-electron chi connectivity index (χ2n) is 6.97. The Kier molecular flexibility index (Phi) is 3.72. The zero-order chi connectivity index (χ0) is 19.1. The molecule has 0 saturated heterocycles. The van der Waals surface area contributed by atoms with Gasteiger partial charge in [0, 0.05) is 23.1 Å². The lowest BCUT2D eigenvalue weighted by Crippen LogP contribution is -2.30. The van der Waals surface area contributed by atoms with Crippen LogP contribution in [0.1, 0.15) is 28.2 Å². The molecule has 4 aromatic rings. The highest BCUT2D eigenvalue weighted by Gasteiger charge is 2.37. The molecule has 0 aliphatic heterocycles. The van der Waals surface area contributed by atoms with E-state index in [-0.39, 0.29) is 5.82 Å². The van der Waals surface area contributed by atoms with Crippen LogP contribution in [-0.4, -0.2) is 20.3 Å². The normalized spacial score (nSPS) is 18.2. The van der Waals surface area contributed by atoms with E-state index in [9.17, 15) is 4.39 Å². The number of fused-ring (bicyclic) bond motifs is 1. The smallest absolute Gasteiger partial charge is 0.279 e. The highest BCUT2D eigenvalue weighted by molar-refractivity contribution is 5.73. The van der Waals surface area contributed by atoms with Crippen molar-refractivity contribution in [3.63, 3.8) is 0 Å². The molecule has 1 aliphatic rings. The molecule has 1 N–H and O–H groups in total. The molecule has 5 rings (SSSR count). The summed E-state index contributed by atoms with van der Waals surface area (Å²) in [6.45, 7) is 1.77. The van der Waals surface area contributed by atoms with Gasteiger partial charge in [-0.15, -0.1) is 0 Å². The number of benzene rings is 2. The van der Waals surface area contributed by atoms with Crippen molar-refractivity contribution in [3.8, 4) is 11.6 Å². The van der Waals surface area contributed by atoms with Gasteiger partial charge in [0.05, 0.1) is 0 Å². The SMILES string of the molecule is Cc1noc(-c2n[nH]c3c2C=CC(c2ccccc2)(c2ccc(F)cc2)C3)n1. The lowest BCUT2D eigenvalue weighted by molar-refractivity contribution is 0.424. The Labute approximate surface area is 160 Å². The fourth-order valence-corrected chi connectivity index (χ4v) is 3.87. The molecule has 138 valence electrons. The van der Waals surface area contributed by atoms with Crippen molar-refractivity contribution >= 4 is 6.08 Å². The molecule has 1 atom stereocenters. The first-order valence-corrected chi connectivity index (χ1v) is 9.04. The van der Waals surface area contributed by atoms with Crippen molar-refractivity contribution in [3.05, 3.63) is 94.7 Å². The highest BCUT2D eigenvalue weighted by Crippen LogP contribution is 2.42. The standard InChI is InChI=1S/C22H17FN4O/c1-14-24-21(28-27-14)20-18-11-12-22(13-19(18)25-26-20,15-5-3-2-4-6-15)16-7-9-17(23)10-8-16/h2-12H,13H2,1H3,(H,25,26). The number of hydrogen-bond donors (Lipinski definition) is 1. The molecule has 0 bridgehead atoms. The Morgan fingerprint density at radius 2 is 1.79 bits per heavy atom. The summed E-state index contributed by atoms with van der Waals surface area (Å²) >= 11 is 0. The Morgan fingerprint density at radius 3 is 2.50 bits per heavy atom. The molecule has 0 amide bonds. The van der Waals surface area contributed by atoms with E-state index in [2.05, 4.69) is 38.5 Å². The summed E-state index contributed by atoms with van der Waals surface area (Å²) in [5.41, 5.74) is 4.29. The van der Waals surface area contributed by atoms with Crippen molar-refractivity contribution in [2.75, 3.05) is 0 Å². The second-order valence-corrected chi connectivity index (χ2v) is 6.97. The lowest BCUT2D eigenvalue weighted by atomic mass is 9.68. The first-order valence-electron chi connectivity index (χ1n) is 9.04. The van der Waals surface area contributed by atoms with Gasteiger partial charge in [-0.2, -0.15) is 10.1 Å². The number of aromatic amines is 1. The van der Waals surface area contributed by atoms with Crippen molar-refractivity contribution < 1.29 is 8.91 Å². The van der Waals surface area contributed by atoms with Gasteiger partial charge in [-0.1, -0.05) is 59.8 Å².